The van der Waals surface area contributed by atoms with Gasteiger partial charge in [0.05, 0.1) is 12.7 Å². The summed E-state index contributed by atoms with van der Waals surface area (Å²) in [5, 5.41) is 3.34. The summed E-state index contributed by atoms with van der Waals surface area (Å²) in [6.07, 6.45) is 2.08. The van der Waals surface area contributed by atoms with Crippen molar-refractivity contribution in [3.05, 3.63) is 0 Å². The average molecular weight is 225 g/mol. The number of nitrogens with one attached hydrogen (secondary N) is 1. The minimum atomic E-state index is 0.0610. The summed E-state index contributed by atoms with van der Waals surface area (Å²) in [6, 6.07) is 0.494. The quantitative estimate of drug-likeness (QED) is 0.759. The van der Waals surface area contributed by atoms with Gasteiger partial charge in [-0.05, 0) is 32.4 Å². The summed E-state index contributed by atoms with van der Waals surface area (Å²) in [4.78, 5) is 16.5. The molecular weight excluding hydrogens is 202 g/mol. The fourth-order valence-corrected chi connectivity index (χ4v) is 2.70. The van der Waals surface area contributed by atoms with Crippen molar-refractivity contribution >= 4 is 5.91 Å². The fourth-order valence-electron chi connectivity index (χ4n) is 2.70. The van der Waals surface area contributed by atoms with Crippen LogP contribution in [0.1, 0.15) is 26.7 Å². The van der Waals surface area contributed by atoms with Gasteiger partial charge in [0.15, 0.2) is 0 Å². The Morgan fingerprint density at radius 3 is 2.81 bits per heavy atom. The number of carbonyl (C=O) groups excluding carboxylic acids is 1. The first-order valence-electron chi connectivity index (χ1n) is 6.30. The number of hydrogen-bond acceptors (Lipinski definition) is 3. The van der Waals surface area contributed by atoms with E-state index in [0.29, 0.717) is 17.9 Å². The summed E-state index contributed by atoms with van der Waals surface area (Å²) in [7, 11) is 2.12. The summed E-state index contributed by atoms with van der Waals surface area (Å²) >= 11 is 0. The van der Waals surface area contributed by atoms with E-state index in [2.05, 4.69) is 31.1 Å². The van der Waals surface area contributed by atoms with Crippen LogP contribution in [0.5, 0.6) is 0 Å². The van der Waals surface area contributed by atoms with Crippen LogP contribution in [-0.2, 0) is 4.79 Å². The number of likely N-dealkylation sites (tertiary alicyclic amines) is 1. The van der Waals surface area contributed by atoms with Crippen molar-refractivity contribution in [1.82, 2.24) is 15.1 Å². The lowest BCUT2D eigenvalue weighted by atomic mass is 10.0. The number of hydrogen-bond donors (Lipinski definition) is 1. The van der Waals surface area contributed by atoms with Gasteiger partial charge >= 0.3 is 0 Å². The molecule has 0 spiro atoms. The Hall–Kier alpha value is -0.610. The number of rotatable bonds is 3. The maximum atomic E-state index is 12.2. The third-order valence-corrected chi connectivity index (χ3v) is 3.60. The molecule has 2 unspecified atom stereocenters. The highest BCUT2D eigenvalue weighted by atomic mass is 16.2. The van der Waals surface area contributed by atoms with E-state index in [4.69, 9.17) is 0 Å². The standard InChI is InChI=1S/C12H23N3O/c1-9(2)6-11-12(16)15(8-13-11)10-4-5-14(3)7-10/h9-11,13H,4-8H2,1-3H3. The number of carbonyl (C=O) groups is 1. The van der Waals surface area contributed by atoms with Crippen LogP contribution >= 0.6 is 0 Å². The fraction of sp³-hybridized carbons (Fsp3) is 0.917. The minimum absolute atomic E-state index is 0.0610. The normalized spacial score (nSPS) is 32.0. The Balaban J connectivity index is 1.91. The highest BCUT2D eigenvalue weighted by Gasteiger charge is 2.37. The highest BCUT2D eigenvalue weighted by Crippen LogP contribution is 2.20. The van der Waals surface area contributed by atoms with Crippen LogP contribution in [0, 0.1) is 5.92 Å². The van der Waals surface area contributed by atoms with Crippen molar-refractivity contribution in [2.24, 2.45) is 5.92 Å². The van der Waals surface area contributed by atoms with Gasteiger partial charge in [0.2, 0.25) is 5.91 Å². The second-order valence-corrected chi connectivity index (χ2v) is 5.56. The molecule has 0 aromatic carbocycles. The Morgan fingerprint density at radius 2 is 2.25 bits per heavy atom. The molecule has 0 radical (unpaired) electrons. The van der Waals surface area contributed by atoms with Crippen LogP contribution in [-0.4, -0.2) is 54.6 Å². The summed E-state index contributed by atoms with van der Waals surface area (Å²) in [5.41, 5.74) is 0. The molecule has 4 heteroatoms. The molecule has 0 aliphatic carbocycles. The molecule has 0 bridgehead atoms. The van der Waals surface area contributed by atoms with E-state index >= 15 is 0 Å². The Morgan fingerprint density at radius 1 is 1.50 bits per heavy atom. The first kappa shape index (κ1) is 11.9. The van der Waals surface area contributed by atoms with Crippen LogP contribution in [0.15, 0.2) is 0 Å². The van der Waals surface area contributed by atoms with Crippen molar-refractivity contribution in [3.63, 3.8) is 0 Å². The molecule has 92 valence electrons. The first-order chi connectivity index (χ1) is 7.58. The molecule has 2 atom stereocenters. The molecule has 2 saturated heterocycles. The van der Waals surface area contributed by atoms with Gasteiger partial charge in [0, 0.05) is 12.6 Å². The largest absolute Gasteiger partial charge is 0.324 e. The summed E-state index contributed by atoms with van der Waals surface area (Å²) in [6.45, 7) is 7.22. The van der Waals surface area contributed by atoms with E-state index in [0.717, 1.165) is 32.6 Å². The molecule has 2 heterocycles. The molecule has 4 nitrogen and oxygen atoms in total. The predicted octanol–water partition coefficient (Wildman–Crippen LogP) is 0.495. The van der Waals surface area contributed by atoms with Gasteiger partial charge in [-0.1, -0.05) is 13.8 Å². The molecule has 0 aromatic rings. The molecular formula is C12H23N3O. The molecule has 0 aromatic heterocycles. The van der Waals surface area contributed by atoms with Gasteiger partial charge < -0.3 is 9.80 Å². The second kappa shape index (κ2) is 4.72. The molecule has 2 fully saturated rings. The minimum Gasteiger partial charge on any atom is -0.324 e. The number of likely N-dealkylation sites (N-methyl/N-ethyl adjacent to an activating group) is 1. The third kappa shape index (κ3) is 2.38. The lowest BCUT2D eigenvalue weighted by Gasteiger charge is -2.23. The molecule has 1 amide bonds. The van der Waals surface area contributed by atoms with E-state index in [1.165, 1.54) is 0 Å². The Bertz CT molecular complexity index is 267. The third-order valence-electron chi connectivity index (χ3n) is 3.60. The van der Waals surface area contributed by atoms with E-state index in [-0.39, 0.29) is 6.04 Å². The predicted molar refractivity (Wildman–Crippen MR) is 64.0 cm³/mol. The van der Waals surface area contributed by atoms with Crippen LogP contribution in [0.2, 0.25) is 0 Å². The molecule has 2 aliphatic heterocycles. The van der Waals surface area contributed by atoms with Gasteiger partial charge in [-0.15, -0.1) is 0 Å². The zero-order valence-electron chi connectivity index (χ0n) is 10.6. The molecule has 1 N–H and O–H groups in total. The Labute approximate surface area is 98.0 Å². The van der Waals surface area contributed by atoms with Crippen LogP contribution < -0.4 is 5.32 Å². The monoisotopic (exact) mass is 225 g/mol. The van der Waals surface area contributed by atoms with Gasteiger partial charge in [-0.3, -0.25) is 10.1 Å². The highest BCUT2D eigenvalue weighted by molar-refractivity contribution is 5.84. The van der Waals surface area contributed by atoms with E-state index < -0.39 is 0 Å². The van der Waals surface area contributed by atoms with Crippen LogP contribution in [0.3, 0.4) is 0 Å². The first-order valence-corrected chi connectivity index (χ1v) is 6.30. The zero-order valence-corrected chi connectivity index (χ0v) is 10.6. The van der Waals surface area contributed by atoms with Crippen molar-refractivity contribution in [2.75, 3.05) is 26.8 Å². The average Bonchev–Trinajstić information content (AvgIpc) is 2.74. The second-order valence-electron chi connectivity index (χ2n) is 5.56. The molecule has 0 saturated carbocycles. The van der Waals surface area contributed by atoms with Crippen molar-refractivity contribution < 1.29 is 4.79 Å². The van der Waals surface area contributed by atoms with E-state index in [9.17, 15) is 4.79 Å². The van der Waals surface area contributed by atoms with Crippen LogP contribution in [0.25, 0.3) is 0 Å². The maximum absolute atomic E-state index is 12.2. The van der Waals surface area contributed by atoms with Crippen molar-refractivity contribution in [2.45, 2.75) is 38.8 Å². The van der Waals surface area contributed by atoms with Gasteiger partial charge in [0.1, 0.15) is 0 Å². The SMILES string of the molecule is CC(C)CC1NCN(C2CCN(C)C2)C1=O. The maximum Gasteiger partial charge on any atom is 0.241 e. The smallest absolute Gasteiger partial charge is 0.241 e. The van der Waals surface area contributed by atoms with Crippen molar-refractivity contribution in [3.8, 4) is 0 Å². The number of nitrogens with zero attached hydrogens (tertiary/aromatic N) is 2. The summed E-state index contributed by atoms with van der Waals surface area (Å²) in [5.74, 6) is 0.890. The molecule has 16 heavy (non-hydrogen) atoms. The zero-order chi connectivity index (χ0) is 11.7. The molecule has 2 aliphatic rings. The van der Waals surface area contributed by atoms with E-state index in [1.807, 2.05) is 4.90 Å². The lowest BCUT2D eigenvalue weighted by molar-refractivity contribution is -0.130. The van der Waals surface area contributed by atoms with E-state index in [1.54, 1.807) is 0 Å². The topological polar surface area (TPSA) is 35.6 Å². The van der Waals surface area contributed by atoms with Crippen LogP contribution in [0.4, 0.5) is 0 Å². The van der Waals surface area contributed by atoms with Crippen molar-refractivity contribution in [1.29, 1.82) is 0 Å². The lowest BCUT2D eigenvalue weighted by Crippen LogP contribution is -2.40. The van der Waals surface area contributed by atoms with Gasteiger partial charge in [-0.2, -0.15) is 0 Å². The Kier molecular flexibility index (Phi) is 3.50. The van der Waals surface area contributed by atoms with Gasteiger partial charge in [-0.25, -0.2) is 0 Å². The molecule has 2 rings (SSSR count). The number of amides is 1. The van der Waals surface area contributed by atoms with Gasteiger partial charge in [0.25, 0.3) is 0 Å². The summed E-state index contributed by atoms with van der Waals surface area (Å²) < 4.78 is 0.